The van der Waals surface area contributed by atoms with Gasteiger partial charge in [-0.3, -0.25) is 14.8 Å². The second-order valence-electron chi connectivity index (χ2n) is 7.28. The van der Waals surface area contributed by atoms with Crippen molar-refractivity contribution in [3.05, 3.63) is 66.4 Å². The molecule has 1 fully saturated rings. The molecule has 2 aromatic carbocycles. The lowest BCUT2D eigenvalue weighted by Gasteiger charge is -2.26. The highest BCUT2D eigenvalue weighted by Gasteiger charge is 2.11. The number of amides is 1. The van der Waals surface area contributed by atoms with E-state index in [9.17, 15) is 4.79 Å². The Morgan fingerprint density at radius 3 is 2.76 bits per heavy atom. The highest BCUT2D eigenvalue weighted by molar-refractivity contribution is 6.04. The smallest absolute Gasteiger partial charge is 0.255 e. The second kappa shape index (κ2) is 9.39. The molecule has 6 nitrogen and oxygen atoms in total. The summed E-state index contributed by atoms with van der Waals surface area (Å²) in [5.74, 6) is 0.564. The molecule has 0 spiro atoms. The van der Waals surface area contributed by atoms with Gasteiger partial charge in [-0.15, -0.1) is 0 Å². The minimum atomic E-state index is -0.159. The van der Waals surface area contributed by atoms with Crippen molar-refractivity contribution >= 4 is 11.6 Å². The van der Waals surface area contributed by atoms with E-state index in [1.54, 1.807) is 18.3 Å². The zero-order chi connectivity index (χ0) is 19.9. The van der Waals surface area contributed by atoms with E-state index in [1.807, 2.05) is 42.5 Å². The summed E-state index contributed by atoms with van der Waals surface area (Å²) in [5.41, 5.74) is 3.19. The first-order valence-corrected chi connectivity index (χ1v) is 10.1. The largest absolute Gasteiger partial charge is 0.492 e. The van der Waals surface area contributed by atoms with E-state index in [2.05, 4.69) is 20.4 Å². The molecule has 150 valence electrons. The molecule has 2 N–H and O–H groups in total. The van der Waals surface area contributed by atoms with E-state index in [0.717, 1.165) is 42.3 Å². The lowest BCUT2D eigenvalue weighted by Crippen LogP contribution is -2.33. The van der Waals surface area contributed by atoms with Crippen LogP contribution in [-0.2, 0) is 0 Å². The monoisotopic (exact) mass is 390 g/mol. The van der Waals surface area contributed by atoms with Gasteiger partial charge in [-0.25, -0.2) is 0 Å². The maximum atomic E-state index is 12.7. The standard InChI is InChI=1S/C23H26N4O2/c28-23(25-20-8-4-6-18(16-20)22-10-11-24-26-22)19-7-5-9-21(17-19)29-15-14-27-12-2-1-3-13-27/h4-11,16-17H,1-3,12-15H2,(H,24,26)(H,25,28). The van der Waals surface area contributed by atoms with Gasteiger partial charge >= 0.3 is 0 Å². The van der Waals surface area contributed by atoms with Crippen LogP contribution in [-0.4, -0.2) is 47.2 Å². The molecule has 0 saturated carbocycles. The van der Waals surface area contributed by atoms with Crippen molar-refractivity contribution in [2.75, 3.05) is 31.6 Å². The van der Waals surface area contributed by atoms with Gasteiger partial charge in [-0.2, -0.15) is 5.10 Å². The zero-order valence-corrected chi connectivity index (χ0v) is 16.4. The van der Waals surface area contributed by atoms with Crippen LogP contribution in [0.15, 0.2) is 60.8 Å². The van der Waals surface area contributed by atoms with Gasteiger partial charge in [0.2, 0.25) is 0 Å². The summed E-state index contributed by atoms with van der Waals surface area (Å²) in [6.07, 6.45) is 5.59. The molecular weight excluding hydrogens is 364 g/mol. The van der Waals surface area contributed by atoms with Gasteiger partial charge in [0.15, 0.2) is 0 Å². The number of nitrogens with zero attached hydrogens (tertiary/aromatic N) is 2. The Morgan fingerprint density at radius 1 is 1.07 bits per heavy atom. The third-order valence-corrected chi connectivity index (χ3v) is 5.15. The van der Waals surface area contributed by atoms with Gasteiger partial charge in [-0.05, 0) is 62.3 Å². The predicted octanol–water partition coefficient (Wildman–Crippen LogP) is 4.19. The van der Waals surface area contributed by atoms with Crippen molar-refractivity contribution in [3.63, 3.8) is 0 Å². The average Bonchev–Trinajstić information content (AvgIpc) is 3.30. The SMILES string of the molecule is O=C(Nc1cccc(-c2ccn[nH]2)c1)c1cccc(OCCN2CCCCC2)c1. The van der Waals surface area contributed by atoms with Crippen molar-refractivity contribution in [2.24, 2.45) is 0 Å². The first-order valence-electron chi connectivity index (χ1n) is 10.1. The highest BCUT2D eigenvalue weighted by atomic mass is 16.5. The number of H-pyrrole nitrogens is 1. The lowest BCUT2D eigenvalue weighted by atomic mass is 10.1. The van der Waals surface area contributed by atoms with E-state index >= 15 is 0 Å². The number of carbonyl (C=O) groups excluding carboxylic acids is 1. The quantitative estimate of drug-likeness (QED) is 0.634. The van der Waals surface area contributed by atoms with Gasteiger partial charge in [0.25, 0.3) is 5.91 Å². The number of likely N-dealkylation sites (tertiary alicyclic amines) is 1. The van der Waals surface area contributed by atoms with E-state index < -0.39 is 0 Å². The Labute approximate surface area is 170 Å². The second-order valence-corrected chi connectivity index (χ2v) is 7.28. The van der Waals surface area contributed by atoms with Crippen LogP contribution in [0.5, 0.6) is 5.75 Å². The van der Waals surface area contributed by atoms with Crippen LogP contribution < -0.4 is 10.1 Å². The number of rotatable bonds is 7. The van der Waals surface area contributed by atoms with Crippen LogP contribution in [0.25, 0.3) is 11.3 Å². The third-order valence-electron chi connectivity index (χ3n) is 5.15. The molecule has 4 rings (SSSR count). The molecule has 1 aliphatic heterocycles. The lowest BCUT2D eigenvalue weighted by molar-refractivity contribution is 0.102. The Balaban J connectivity index is 1.35. The summed E-state index contributed by atoms with van der Waals surface area (Å²) in [6, 6.07) is 16.9. The number of piperidine rings is 1. The Kier molecular flexibility index (Phi) is 6.22. The number of hydrogen-bond acceptors (Lipinski definition) is 4. The molecule has 0 aliphatic carbocycles. The van der Waals surface area contributed by atoms with Crippen LogP contribution in [0.2, 0.25) is 0 Å². The fraction of sp³-hybridized carbons (Fsp3) is 0.304. The molecule has 1 saturated heterocycles. The van der Waals surface area contributed by atoms with Crippen LogP contribution >= 0.6 is 0 Å². The number of anilines is 1. The molecule has 0 unspecified atom stereocenters. The summed E-state index contributed by atoms with van der Waals surface area (Å²) in [4.78, 5) is 15.1. The van der Waals surface area contributed by atoms with E-state index in [4.69, 9.17) is 4.74 Å². The van der Waals surface area contributed by atoms with Crippen LogP contribution in [0.4, 0.5) is 5.69 Å². The average molecular weight is 390 g/mol. The molecule has 1 amide bonds. The maximum absolute atomic E-state index is 12.7. The minimum Gasteiger partial charge on any atom is -0.492 e. The number of aromatic amines is 1. The van der Waals surface area contributed by atoms with Gasteiger partial charge in [-0.1, -0.05) is 24.6 Å². The summed E-state index contributed by atoms with van der Waals surface area (Å²) >= 11 is 0. The van der Waals surface area contributed by atoms with Crippen molar-refractivity contribution in [1.82, 2.24) is 15.1 Å². The minimum absolute atomic E-state index is 0.159. The number of benzene rings is 2. The highest BCUT2D eigenvalue weighted by Crippen LogP contribution is 2.21. The molecule has 3 aromatic rings. The van der Waals surface area contributed by atoms with E-state index in [1.165, 1.54) is 19.3 Å². The first kappa shape index (κ1) is 19.2. The van der Waals surface area contributed by atoms with Crippen molar-refractivity contribution in [1.29, 1.82) is 0 Å². The van der Waals surface area contributed by atoms with Crippen molar-refractivity contribution in [2.45, 2.75) is 19.3 Å². The van der Waals surface area contributed by atoms with E-state index in [0.29, 0.717) is 12.2 Å². The van der Waals surface area contributed by atoms with Gasteiger partial charge in [0.1, 0.15) is 12.4 Å². The van der Waals surface area contributed by atoms with Crippen LogP contribution in [0.3, 0.4) is 0 Å². The fourth-order valence-corrected chi connectivity index (χ4v) is 3.59. The molecule has 29 heavy (non-hydrogen) atoms. The van der Waals surface area contributed by atoms with Crippen molar-refractivity contribution in [3.8, 4) is 17.0 Å². The Bertz CT molecular complexity index is 934. The summed E-state index contributed by atoms with van der Waals surface area (Å²) < 4.78 is 5.89. The number of ether oxygens (including phenoxy) is 1. The number of nitrogens with one attached hydrogen (secondary N) is 2. The van der Waals surface area contributed by atoms with Crippen molar-refractivity contribution < 1.29 is 9.53 Å². The van der Waals surface area contributed by atoms with Gasteiger partial charge in [0, 0.05) is 29.6 Å². The zero-order valence-electron chi connectivity index (χ0n) is 16.4. The predicted molar refractivity (Wildman–Crippen MR) is 114 cm³/mol. The molecular formula is C23H26N4O2. The van der Waals surface area contributed by atoms with Crippen LogP contribution in [0, 0.1) is 0 Å². The van der Waals surface area contributed by atoms with E-state index in [-0.39, 0.29) is 5.91 Å². The normalized spacial score (nSPS) is 14.5. The number of aromatic nitrogens is 2. The molecule has 0 bridgehead atoms. The number of hydrogen-bond donors (Lipinski definition) is 2. The number of carbonyl (C=O) groups is 1. The van der Waals surface area contributed by atoms with Crippen LogP contribution in [0.1, 0.15) is 29.6 Å². The summed E-state index contributed by atoms with van der Waals surface area (Å²) in [5, 5.41) is 9.86. The Hall–Kier alpha value is -3.12. The summed E-state index contributed by atoms with van der Waals surface area (Å²) in [7, 11) is 0. The topological polar surface area (TPSA) is 70.2 Å². The maximum Gasteiger partial charge on any atom is 0.255 e. The van der Waals surface area contributed by atoms with Gasteiger partial charge in [0.05, 0.1) is 5.69 Å². The fourth-order valence-electron chi connectivity index (χ4n) is 3.59. The Morgan fingerprint density at radius 2 is 1.93 bits per heavy atom. The summed E-state index contributed by atoms with van der Waals surface area (Å²) in [6.45, 7) is 3.88. The molecule has 0 radical (unpaired) electrons. The third kappa shape index (κ3) is 5.23. The molecule has 0 atom stereocenters. The molecule has 2 heterocycles. The van der Waals surface area contributed by atoms with Gasteiger partial charge < -0.3 is 10.1 Å². The first-order chi connectivity index (χ1) is 14.3. The molecule has 1 aliphatic rings. The molecule has 6 heteroatoms. The molecule has 1 aromatic heterocycles.